The van der Waals surface area contributed by atoms with Crippen LogP contribution in [0.25, 0.3) is 11.5 Å². The minimum atomic E-state index is -0.739. The summed E-state index contributed by atoms with van der Waals surface area (Å²) in [5.41, 5.74) is 4.27. The van der Waals surface area contributed by atoms with Gasteiger partial charge in [-0.2, -0.15) is 0 Å². The number of carboxylic acid groups (broad SMARTS) is 1. The highest BCUT2D eigenvalue weighted by Crippen LogP contribution is 2.37. The summed E-state index contributed by atoms with van der Waals surface area (Å²) >= 11 is 0. The zero-order valence-corrected chi connectivity index (χ0v) is 16.6. The van der Waals surface area contributed by atoms with Crippen molar-refractivity contribution in [3.63, 3.8) is 0 Å². The van der Waals surface area contributed by atoms with Crippen molar-refractivity contribution >= 4 is 5.97 Å². The molecule has 29 heavy (non-hydrogen) atoms. The second kappa shape index (κ2) is 8.52. The molecule has 0 radical (unpaired) electrons. The highest BCUT2D eigenvalue weighted by molar-refractivity contribution is 5.68. The number of carboxylic acids is 1. The number of hydrogen-bond donors (Lipinski definition) is 1. The molecule has 0 unspecified atom stereocenters. The number of hydrogen-bond acceptors (Lipinski definition) is 4. The van der Waals surface area contributed by atoms with E-state index in [1.54, 1.807) is 0 Å². The number of oxazole rings is 1. The van der Waals surface area contributed by atoms with Crippen LogP contribution in [0.4, 0.5) is 0 Å². The molecule has 0 saturated heterocycles. The Kier molecular flexibility index (Phi) is 5.65. The van der Waals surface area contributed by atoms with E-state index in [9.17, 15) is 4.79 Å². The van der Waals surface area contributed by atoms with Crippen LogP contribution >= 0.6 is 0 Å². The molecule has 1 atom stereocenters. The molecular weight excluding hydrogens is 366 g/mol. The van der Waals surface area contributed by atoms with Gasteiger partial charge in [-0.05, 0) is 54.2 Å². The second-order valence-electron chi connectivity index (χ2n) is 7.40. The van der Waals surface area contributed by atoms with Gasteiger partial charge >= 0.3 is 5.97 Å². The third-order valence-electron chi connectivity index (χ3n) is 5.47. The lowest BCUT2D eigenvalue weighted by Gasteiger charge is -2.10. The molecule has 0 bridgehead atoms. The van der Waals surface area contributed by atoms with Crippen LogP contribution < -0.4 is 4.74 Å². The van der Waals surface area contributed by atoms with Crippen molar-refractivity contribution in [2.24, 2.45) is 0 Å². The van der Waals surface area contributed by atoms with Crippen molar-refractivity contribution in [2.75, 3.05) is 6.61 Å². The molecule has 5 heteroatoms. The number of rotatable bonds is 8. The van der Waals surface area contributed by atoms with E-state index < -0.39 is 5.97 Å². The van der Waals surface area contributed by atoms with Crippen molar-refractivity contribution < 1.29 is 19.1 Å². The Morgan fingerprint density at radius 3 is 2.83 bits per heavy atom. The Labute approximate surface area is 170 Å². The second-order valence-corrected chi connectivity index (χ2v) is 7.40. The van der Waals surface area contributed by atoms with Crippen molar-refractivity contribution in [1.82, 2.24) is 4.98 Å². The standard InChI is InChI=1S/C24H25NO4/c1-2-22-21(25-24(29-22)16-6-4-3-5-7-16)12-13-28-19-10-11-20-17(14-19)8-9-18(20)15-23(26)27/h3-7,10-11,14,18H,2,8-9,12-13,15H2,1H3,(H,26,27)/t18-/m1/s1. The quantitative estimate of drug-likeness (QED) is 0.583. The number of benzene rings is 2. The Morgan fingerprint density at radius 1 is 1.24 bits per heavy atom. The van der Waals surface area contributed by atoms with Crippen LogP contribution in [0.15, 0.2) is 52.9 Å². The normalized spacial score (nSPS) is 15.3. The summed E-state index contributed by atoms with van der Waals surface area (Å²) in [4.78, 5) is 15.7. The van der Waals surface area contributed by atoms with E-state index in [1.165, 1.54) is 5.56 Å². The Balaban J connectivity index is 1.40. The van der Waals surface area contributed by atoms with Crippen molar-refractivity contribution in [3.8, 4) is 17.2 Å². The Hall–Kier alpha value is -3.08. The summed E-state index contributed by atoms with van der Waals surface area (Å²) in [6.45, 7) is 2.58. The average molecular weight is 391 g/mol. The summed E-state index contributed by atoms with van der Waals surface area (Å²) in [5, 5.41) is 9.06. The highest BCUT2D eigenvalue weighted by Gasteiger charge is 2.25. The molecule has 1 heterocycles. The average Bonchev–Trinajstić information content (AvgIpc) is 3.32. The summed E-state index contributed by atoms with van der Waals surface area (Å²) in [5.74, 6) is 1.76. The fraction of sp³-hybridized carbons (Fsp3) is 0.333. The molecule has 1 aliphatic rings. The van der Waals surface area contributed by atoms with Crippen LogP contribution in [-0.2, 0) is 24.1 Å². The van der Waals surface area contributed by atoms with Crippen LogP contribution in [0.1, 0.15) is 48.3 Å². The number of ether oxygens (including phenoxy) is 1. The zero-order chi connectivity index (χ0) is 20.2. The van der Waals surface area contributed by atoms with Crippen molar-refractivity contribution in [3.05, 3.63) is 71.1 Å². The van der Waals surface area contributed by atoms with Gasteiger partial charge in [-0.3, -0.25) is 4.79 Å². The molecule has 3 aromatic rings. The number of aromatic nitrogens is 1. The third-order valence-corrected chi connectivity index (χ3v) is 5.47. The van der Waals surface area contributed by atoms with Gasteiger partial charge in [0, 0.05) is 18.4 Å². The first-order valence-electron chi connectivity index (χ1n) is 10.2. The van der Waals surface area contributed by atoms with Crippen LogP contribution in [0.5, 0.6) is 5.75 Å². The van der Waals surface area contributed by atoms with E-state index in [4.69, 9.17) is 14.3 Å². The summed E-state index contributed by atoms with van der Waals surface area (Å²) < 4.78 is 11.9. The largest absolute Gasteiger partial charge is 0.493 e. The van der Waals surface area contributed by atoms with E-state index in [-0.39, 0.29) is 12.3 Å². The minimum Gasteiger partial charge on any atom is -0.493 e. The first kappa shape index (κ1) is 19.2. The molecule has 5 nitrogen and oxygen atoms in total. The van der Waals surface area contributed by atoms with Crippen LogP contribution in [0.2, 0.25) is 0 Å². The fourth-order valence-corrected chi connectivity index (χ4v) is 4.02. The number of carbonyl (C=O) groups is 1. The molecule has 2 aromatic carbocycles. The SMILES string of the molecule is CCc1oc(-c2ccccc2)nc1CCOc1ccc2c(c1)CC[C@@H]2CC(=O)O. The van der Waals surface area contributed by atoms with E-state index >= 15 is 0 Å². The van der Waals surface area contributed by atoms with Crippen molar-refractivity contribution in [2.45, 2.75) is 44.9 Å². The van der Waals surface area contributed by atoms with Crippen molar-refractivity contribution in [1.29, 1.82) is 0 Å². The predicted molar refractivity (Wildman–Crippen MR) is 110 cm³/mol. The Morgan fingerprint density at radius 2 is 2.07 bits per heavy atom. The topological polar surface area (TPSA) is 72.6 Å². The zero-order valence-electron chi connectivity index (χ0n) is 16.6. The number of nitrogens with zero attached hydrogens (tertiary/aromatic N) is 1. The number of aliphatic carboxylic acids is 1. The predicted octanol–water partition coefficient (Wildman–Crippen LogP) is 5.03. The molecule has 0 amide bonds. The smallest absolute Gasteiger partial charge is 0.303 e. The molecule has 1 aromatic heterocycles. The maximum atomic E-state index is 11.0. The molecular formula is C24H25NO4. The van der Waals surface area contributed by atoms with Gasteiger partial charge in [0.1, 0.15) is 11.5 Å². The molecule has 0 spiro atoms. The third kappa shape index (κ3) is 4.34. The maximum absolute atomic E-state index is 11.0. The van der Waals surface area contributed by atoms with Gasteiger partial charge in [0.25, 0.3) is 0 Å². The molecule has 0 fully saturated rings. The lowest BCUT2D eigenvalue weighted by molar-refractivity contribution is -0.137. The van der Waals surface area contributed by atoms with E-state index in [1.807, 2.05) is 42.5 Å². The maximum Gasteiger partial charge on any atom is 0.303 e. The van der Waals surface area contributed by atoms with E-state index in [2.05, 4.69) is 18.0 Å². The van der Waals surface area contributed by atoms with Crippen LogP contribution in [0.3, 0.4) is 0 Å². The molecule has 4 rings (SSSR count). The van der Waals surface area contributed by atoms with Gasteiger partial charge in [0.2, 0.25) is 5.89 Å². The fourth-order valence-electron chi connectivity index (χ4n) is 4.02. The van der Waals surface area contributed by atoms with Crippen LogP contribution in [0, 0.1) is 0 Å². The van der Waals surface area contributed by atoms with Gasteiger partial charge in [-0.25, -0.2) is 4.98 Å². The van der Waals surface area contributed by atoms with Crippen LogP contribution in [-0.4, -0.2) is 22.7 Å². The first-order valence-corrected chi connectivity index (χ1v) is 10.2. The first-order chi connectivity index (χ1) is 14.1. The van der Waals surface area contributed by atoms with E-state index in [0.717, 1.165) is 47.6 Å². The van der Waals surface area contributed by atoms with Gasteiger partial charge in [-0.1, -0.05) is 31.2 Å². The van der Waals surface area contributed by atoms with Gasteiger partial charge in [-0.15, -0.1) is 0 Å². The van der Waals surface area contributed by atoms with Gasteiger partial charge in [0.15, 0.2) is 0 Å². The molecule has 1 aliphatic carbocycles. The lowest BCUT2D eigenvalue weighted by Crippen LogP contribution is -2.05. The summed E-state index contributed by atoms with van der Waals surface area (Å²) in [7, 11) is 0. The molecule has 150 valence electrons. The lowest BCUT2D eigenvalue weighted by atomic mass is 9.98. The number of aryl methyl sites for hydroxylation is 2. The Bertz CT molecular complexity index is 993. The summed E-state index contributed by atoms with van der Waals surface area (Å²) in [6, 6.07) is 15.9. The monoisotopic (exact) mass is 391 g/mol. The van der Waals surface area contributed by atoms with Gasteiger partial charge < -0.3 is 14.3 Å². The van der Waals surface area contributed by atoms with Gasteiger partial charge in [0.05, 0.1) is 18.7 Å². The van der Waals surface area contributed by atoms with E-state index in [0.29, 0.717) is 18.9 Å². The number of fused-ring (bicyclic) bond motifs is 1. The highest BCUT2D eigenvalue weighted by atomic mass is 16.5. The molecule has 0 saturated carbocycles. The molecule has 0 aliphatic heterocycles. The summed E-state index contributed by atoms with van der Waals surface area (Å²) in [6.07, 6.45) is 3.47. The molecule has 1 N–H and O–H groups in total. The minimum absolute atomic E-state index is 0.121.